The minimum absolute atomic E-state index is 0.272. The minimum Gasteiger partial charge on any atom is -0.238 e. The first-order chi connectivity index (χ1) is 12.7. The Morgan fingerprint density at radius 2 is 1.70 bits per heavy atom. The zero-order valence-electron chi connectivity index (χ0n) is 16.8. The van der Waals surface area contributed by atoms with Crippen LogP contribution in [0.1, 0.15) is 75.7 Å². The summed E-state index contributed by atoms with van der Waals surface area (Å²) in [5.74, 6) is 1.15. The van der Waals surface area contributed by atoms with Crippen LogP contribution < -0.4 is 0 Å². The molecule has 0 spiro atoms. The average molecular weight is 380 g/mol. The molecule has 0 saturated carbocycles. The maximum atomic E-state index is 12.5. The van der Waals surface area contributed by atoms with E-state index in [2.05, 4.69) is 26.8 Å². The maximum Gasteiger partial charge on any atom is 0.393 e. The van der Waals surface area contributed by atoms with Crippen LogP contribution in [0.25, 0.3) is 5.69 Å². The summed E-state index contributed by atoms with van der Waals surface area (Å²) < 4.78 is 39.4. The van der Waals surface area contributed by atoms with Gasteiger partial charge in [0.15, 0.2) is 0 Å². The molecule has 2 atom stereocenters. The van der Waals surface area contributed by atoms with Gasteiger partial charge in [0.05, 0.1) is 17.8 Å². The van der Waals surface area contributed by atoms with E-state index in [0.29, 0.717) is 11.8 Å². The monoisotopic (exact) mass is 380 g/mol. The molecule has 5 heteroatoms. The van der Waals surface area contributed by atoms with Gasteiger partial charge in [0.2, 0.25) is 0 Å². The number of hydrogen-bond donors (Lipinski definition) is 0. The summed E-state index contributed by atoms with van der Waals surface area (Å²) in [6.45, 7) is 8.70. The highest BCUT2D eigenvalue weighted by Crippen LogP contribution is 2.29. The number of rotatable bonds is 9. The van der Waals surface area contributed by atoms with Crippen molar-refractivity contribution in [2.24, 2.45) is 5.92 Å². The molecular weight excluding hydrogens is 349 g/mol. The highest BCUT2D eigenvalue weighted by atomic mass is 19.4. The first-order valence-electron chi connectivity index (χ1n) is 9.96. The van der Waals surface area contributed by atoms with Crippen molar-refractivity contribution in [2.45, 2.75) is 78.3 Å². The molecule has 150 valence electrons. The van der Waals surface area contributed by atoms with Crippen LogP contribution >= 0.6 is 0 Å². The number of nitrogens with zero attached hydrogens (tertiary/aromatic N) is 2. The predicted molar refractivity (Wildman–Crippen MR) is 104 cm³/mol. The van der Waals surface area contributed by atoms with E-state index in [1.807, 2.05) is 11.6 Å². The Balaban J connectivity index is 2.18. The van der Waals surface area contributed by atoms with Gasteiger partial charge in [-0.15, -0.1) is 0 Å². The fourth-order valence-electron chi connectivity index (χ4n) is 3.42. The summed E-state index contributed by atoms with van der Waals surface area (Å²) in [4.78, 5) is 0. The summed E-state index contributed by atoms with van der Waals surface area (Å²) in [7, 11) is 0. The molecule has 2 nitrogen and oxygen atoms in total. The van der Waals surface area contributed by atoms with Gasteiger partial charge in [-0.25, -0.2) is 4.68 Å². The van der Waals surface area contributed by atoms with Gasteiger partial charge in [0.25, 0.3) is 0 Å². The third kappa shape index (κ3) is 6.40. The Hall–Kier alpha value is -1.78. The SMILES string of the molecule is CCCC(CCC(C)CC)c1cc(C)n(-c2ccc(CC(F)(F)F)cc2)n1. The molecule has 0 amide bonds. The summed E-state index contributed by atoms with van der Waals surface area (Å²) in [5, 5.41) is 4.80. The number of aryl methyl sites for hydroxylation is 1. The average Bonchev–Trinajstić information content (AvgIpc) is 2.99. The maximum absolute atomic E-state index is 12.5. The van der Waals surface area contributed by atoms with E-state index < -0.39 is 12.6 Å². The second-order valence-electron chi connectivity index (χ2n) is 7.66. The molecular formula is C22H31F3N2. The quantitative estimate of drug-likeness (QED) is 0.458. The molecule has 0 fully saturated rings. The number of halogens is 3. The fraction of sp³-hybridized carbons (Fsp3) is 0.591. The van der Waals surface area contributed by atoms with Crippen LogP contribution in [0.4, 0.5) is 13.2 Å². The van der Waals surface area contributed by atoms with Crippen LogP contribution in [0.2, 0.25) is 0 Å². The van der Waals surface area contributed by atoms with Crippen molar-refractivity contribution < 1.29 is 13.2 Å². The van der Waals surface area contributed by atoms with Gasteiger partial charge >= 0.3 is 6.18 Å². The molecule has 27 heavy (non-hydrogen) atoms. The lowest BCUT2D eigenvalue weighted by Crippen LogP contribution is -2.11. The molecule has 0 aliphatic heterocycles. The molecule has 0 aliphatic carbocycles. The molecule has 0 saturated heterocycles. The first kappa shape index (κ1) is 21.5. The Morgan fingerprint density at radius 1 is 1.04 bits per heavy atom. The third-order valence-electron chi connectivity index (χ3n) is 5.25. The molecule has 2 aromatic rings. The first-order valence-corrected chi connectivity index (χ1v) is 9.96. The molecule has 1 aromatic heterocycles. The van der Waals surface area contributed by atoms with Crippen molar-refractivity contribution in [1.29, 1.82) is 0 Å². The predicted octanol–water partition coefficient (Wildman–Crippen LogP) is 7.00. The largest absolute Gasteiger partial charge is 0.393 e. The van der Waals surface area contributed by atoms with E-state index in [1.54, 1.807) is 12.1 Å². The molecule has 2 rings (SSSR count). The standard InChI is InChI=1S/C22H31F3N2/c1-5-7-19(11-8-16(3)6-2)21-14-17(4)27(26-21)20-12-9-18(10-13-20)15-22(23,24)25/h9-10,12-14,16,19H,5-8,11,15H2,1-4H3. The lowest BCUT2D eigenvalue weighted by molar-refractivity contribution is -0.127. The highest BCUT2D eigenvalue weighted by Gasteiger charge is 2.27. The number of benzene rings is 1. The van der Waals surface area contributed by atoms with Crippen LogP contribution in [0.15, 0.2) is 30.3 Å². The normalized spacial score (nSPS) is 14.3. The Labute approximate surface area is 160 Å². The Bertz CT molecular complexity index is 701. The number of aromatic nitrogens is 2. The zero-order chi connectivity index (χ0) is 20.0. The molecule has 0 aliphatic rings. The number of alkyl halides is 3. The second-order valence-corrected chi connectivity index (χ2v) is 7.66. The van der Waals surface area contributed by atoms with E-state index in [0.717, 1.165) is 36.3 Å². The van der Waals surface area contributed by atoms with Gasteiger partial charge < -0.3 is 0 Å². The van der Waals surface area contributed by atoms with E-state index in [4.69, 9.17) is 5.10 Å². The van der Waals surface area contributed by atoms with Crippen LogP contribution in [0.3, 0.4) is 0 Å². The lowest BCUT2D eigenvalue weighted by atomic mass is 9.90. The van der Waals surface area contributed by atoms with Crippen LogP contribution in [0, 0.1) is 12.8 Å². The van der Waals surface area contributed by atoms with Crippen molar-refractivity contribution in [3.63, 3.8) is 0 Å². The summed E-state index contributed by atoms with van der Waals surface area (Å²) >= 11 is 0. The topological polar surface area (TPSA) is 17.8 Å². The lowest BCUT2D eigenvalue weighted by Gasteiger charge is -2.16. The summed E-state index contributed by atoms with van der Waals surface area (Å²) in [6.07, 6.45) is 0.657. The Kier molecular flexibility index (Phi) is 7.51. The van der Waals surface area contributed by atoms with Crippen molar-refractivity contribution in [2.75, 3.05) is 0 Å². The van der Waals surface area contributed by atoms with E-state index in [-0.39, 0.29) is 5.56 Å². The molecule has 0 bridgehead atoms. The van der Waals surface area contributed by atoms with Gasteiger partial charge in [-0.2, -0.15) is 18.3 Å². The second kappa shape index (κ2) is 9.43. The third-order valence-corrected chi connectivity index (χ3v) is 5.25. The van der Waals surface area contributed by atoms with Crippen LogP contribution in [-0.4, -0.2) is 16.0 Å². The Morgan fingerprint density at radius 3 is 2.26 bits per heavy atom. The molecule has 1 aromatic carbocycles. The highest BCUT2D eigenvalue weighted by molar-refractivity contribution is 5.36. The van der Waals surface area contributed by atoms with E-state index >= 15 is 0 Å². The van der Waals surface area contributed by atoms with Gasteiger partial charge in [-0.05, 0) is 49.4 Å². The van der Waals surface area contributed by atoms with Gasteiger partial charge in [-0.1, -0.05) is 52.2 Å². The van der Waals surface area contributed by atoms with Crippen molar-refractivity contribution in [1.82, 2.24) is 9.78 Å². The van der Waals surface area contributed by atoms with Crippen molar-refractivity contribution >= 4 is 0 Å². The number of hydrogen-bond acceptors (Lipinski definition) is 1. The summed E-state index contributed by atoms with van der Waals surface area (Å²) in [5.41, 5.74) is 3.19. The smallest absolute Gasteiger partial charge is 0.238 e. The van der Waals surface area contributed by atoms with Gasteiger partial charge in [0.1, 0.15) is 0 Å². The molecule has 0 N–H and O–H groups in total. The van der Waals surface area contributed by atoms with Crippen molar-refractivity contribution in [3.8, 4) is 5.69 Å². The van der Waals surface area contributed by atoms with Crippen LogP contribution in [0.5, 0.6) is 0 Å². The van der Waals surface area contributed by atoms with Crippen molar-refractivity contribution in [3.05, 3.63) is 47.3 Å². The van der Waals surface area contributed by atoms with Gasteiger partial charge in [0, 0.05) is 11.6 Å². The zero-order valence-corrected chi connectivity index (χ0v) is 16.8. The van der Waals surface area contributed by atoms with E-state index in [1.165, 1.54) is 25.0 Å². The fourth-order valence-corrected chi connectivity index (χ4v) is 3.42. The molecule has 0 radical (unpaired) electrons. The minimum atomic E-state index is -4.18. The molecule has 2 unspecified atom stereocenters. The van der Waals surface area contributed by atoms with Gasteiger partial charge in [-0.3, -0.25) is 0 Å². The molecule has 1 heterocycles. The summed E-state index contributed by atoms with van der Waals surface area (Å²) in [6, 6.07) is 8.64. The van der Waals surface area contributed by atoms with Crippen LogP contribution in [-0.2, 0) is 6.42 Å². The van der Waals surface area contributed by atoms with E-state index in [9.17, 15) is 13.2 Å².